The fourth-order valence-corrected chi connectivity index (χ4v) is 4.78. The minimum absolute atomic E-state index is 0.177. The number of rotatable bonds is 8. The lowest BCUT2D eigenvalue weighted by molar-refractivity contribution is -0.138. The van der Waals surface area contributed by atoms with Crippen molar-refractivity contribution in [3.63, 3.8) is 0 Å². The van der Waals surface area contributed by atoms with Gasteiger partial charge in [-0.2, -0.15) is 26.3 Å². The summed E-state index contributed by atoms with van der Waals surface area (Å²) in [5.74, 6) is -4.26. The first-order chi connectivity index (χ1) is 21.5. The van der Waals surface area contributed by atoms with Crippen molar-refractivity contribution in [3.05, 3.63) is 136 Å². The predicted molar refractivity (Wildman–Crippen MR) is 152 cm³/mol. The topological polar surface area (TPSA) is 67.4 Å². The Bertz CT molecular complexity index is 1720. The van der Waals surface area contributed by atoms with Gasteiger partial charge in [0, 0.05) is 18.0 Å². The Morgan fingerprint density at radius 2 is 1.37 bits per heavy atom. The molecule has 0 aliphatic rings. The van der Waals surface area contributed by atoms with E-state index in [2.05, 4.69) is 10.6 Å². The van der Waals surface area contributed by atoms with Crippen LogP contribution in [0.3, 0.4) is 0 Å². The molecule has 4 aromatic carbocycles. The summed E-state index contributed by atoms with van der Waals surface area (Å²) >= 11 is 0. The maximum absolute atomic E-state index is 14.9. The molecule has 0 spiro atoms. The van der Waals surface area contributed by atoms with Gasteiger partial charge >= 0.3 is 18.4 Å². The minimum Gasteiger partial charge on any atom is -0.407 e. The molecule has 2 amide bonds. The van der Waals surface area contributed by atoms with Gasteiger partial charge in [-0.05, 0) is 79.1 Å². The molecule has 4 aromatic rings. The molecule has 0 heterocycles. The zero-order valence-electron chi connectivity index (χ0n) is 24.2. The smallest absolute Gasteiger partial charge is 0.407 e. The Labute approximate surface area is 258 Å². The molecule has 242 valence electrons. The molecule has 1 atom stereocenters. The molecule has 4 rings (SSSR count). The lowest BCUT2D eigenvalue weighted by Crippen LogP contribution is -2.49. The van der Waals surface area contributed by atoms with Crippen molar-refractivity contribution < 1.29 is 49.4 Å². The van der Waals surface area contributed by atoms with Gasteiger partial charge in [-0.1, -0.05) is 42.5 Å². The highest BCUT2D eigenvalue weighted by atomic mass is 19.4. The van der Waals surface area contributed by atoms with Crippen molar-refractivity contribution >= 4 is 12.0 Å². The number of carbonyl (C=O) groups is 2. The van der Waals surface area contributed by atoms with Crippen LogP contribution in [0.5, 0.6) is 5.75 Å². The summed E-state index contributed by atoms with van der Waals surface area (Å²) < 4.78 is 117. The average Bonchev–Trinajstić information content (AvgIpc) is 2.97. The maximum Gasteiger partial charge on any atom is 0.416 e. The molecule has 5 nitrogen and oxygen atoms in total. The van der Waals surface area contributed by atoms with Crippen molar-refractivity contribution in [3.8, 4) is 5.75 Å². The Morgan fingerprint density at radius 1 is 0.717 bits per heavy atom. The highest BCUT2D eigenvalue weighted by Gasteiger charge is 2.41. The van der Waals surface area contributed by atoms with Crippen LogP contribution in [0.1, 0.15) is 52.0 Å². The standard InChI is InChI=1S/C33H26F8N2O3/c1-19(2)42-30(45)46-28-17-22(11-12-27(28)35)31(18-20-7-4-3-5-8-20,24-14-25(33(39,40)41)16-26(34)15-24)43-29(44)21-9-6-10-23(13-21)32(36,37)38/h3-17,19H,18H2,1-2H3,(H,42,45)(H,43,44). The van der Waals surface area contributed by atoms with Crippen LogP contribution in [0.2, 0.25) is 0 Å². The fraction of sp³-hybridized carbons (Fsp3) is 0.212. The average molecular weight is 651 g/mol. The van der Waals surface area contributed by atoms with Crippen molar-refractivity contribution in [2.75, 3.05) is 0 Å². The summed E-state index contributed by atoms with van der Waals surface area (Å²) in [7, 11) is 0. The lowest BCUT2D eigenvalue weighted by Gasteiger charge is -2.37. The number of amides is 2. The zero-order chi connectivity index (χ0) is 33.9. The molecule has 0 fully saturated rings. The van der Waals surface area contributed by atoms with E-state index in [1.54, 1.807) is 44.2 Å². The highest BCUT2D eigenvalue weighted by Crippen LogP contribution is 2.40. The van der Waals surface area contributed by atoms with Crippen molar-refractivity contribution in [1.29, 1.82) is 0 Å². The lowest BCUT2D eigenvalue weighted by atomic mass is 9.77. The number of benzene rings is 4. The molecule has 0 saturated carbocycles. The van der Waals surface area contributed by atoms with E-state index in [4.69, 9.17) is 4.74 Å². The molecule has 46 heavy (non-hydrogen) atoms. The number of nitrogens with one attached hydrogen (secondary N) is 2. The van der Waals surface area contributed by atoms with Gasteiger partial charge in [0.05, 0.1) is 16.7 Å². The van der Waals surface area contributed by atoms with E-state index in [1.807, 2.05) is 0 Å². The Balaban J connectivity index is 2.01. The maximum atomic E-state index is 14.9. The van der Waals surface area contributed by atoms with E-state index in [0.717, 1.165) is 42.5 Å². The molecular weight excluding hydrogens is 624 g/mol. The third-order valence-electron chi connectivity index (χ3n) is 6.84. The van der Waals surface area contributed by atoms with Crippen molar-refractivity contribution in [2.24, 2.45) is 0 Å². The van der Waals surface area contributed by atoms with E-state index < -0.39 is 82.0 Å². The molecule has 0 aromatic heterocycles. The Morgan fingerprint density at radius 3 is 2.00 bits per heavy atom. The monoisotopic (exact) mass is 650 g/mol. The van der Waals surface area contributed by atoms with E-state index in [1.165, 1.54) is 0 Å². The summed E-state index contributed by atoms with van der Waals surface area (Å²) in [4.78, 5) is 26.1. The van der Waals surface area contributed by atoms with Gasteiger partial charge in [-0.15, -0.1) is 0 Å². The summed E-state index contributed by atoms with van der Waals surface area (Å²) in [5, 5.41) is 4.91. The number of ether oxygens (including phenoxy) is 1. The molecule has 13 heteroatoms. The fourth-order valence-electron chi connectivity index (χ4n) is 4.78. The quantitative estimate of drug-likeness (QED) is 0.188. The second-order valence-corrected chi connectivity index (χ2v) is 10.7. The molecule has 0 saturated heterocycles. The minimum atomic E-state index is -5.05. The first kappa shape index (κ1) is 33.9. The van der Waals surface area contributed by atoms with Crippen LogP contribution < -0.4 is 15.4 Å². The normalized spacial score (nSPS) is 13.2. The second kappa shape index (κ2) is 13.2. The van der Waals surface area contributed by atoms with Crippen LogP contribution in [-0.4, -0.2) is 18.0 Å². The van der Waals surface area contributed by atoms with Gasteiger partial charge < -0.3 is 15.4 Å². The summed E-state index contributed by atoms with van der Waals surface area (Å²) in [6, 6.07) is 15.2. The van der Waals surface area contributed by atoms with Gasteiger partial charge in [0.2, 0.25) is 0 Å². The van der Waals surface area contributed by atoms with Crippen LogP contribution in [-0.2, 0) is 24.3 Å². The van der Waals surface area contributed by atoms with Gasteiger partial charge in [0.1, 0.15) is 5.82 Å². The summed E-state index contributed by atoms with van der Waals surface area (Å²) in [6.07, 6.45) is -11.4. The van der Waals surface area contributed by atoms with Gasteiger partial charge in [-0.25, -0.2) is 13.6 Å². The van der Waals surface area contributed by atoms with E-state index in [-0.39, 0.29) is 11.6 Å². The van der Waals surface area contributed by atoms with Crippen LogP contribution in [0.15, 0.2) is 91.0 Å². The van der Waals surface area contributed by atoms with E-state index in [0.29, 0.717) is 17.7 Å². The summed E-state index contributed by atoms with van der Waals surface area (Å²) in [6.45, 7) is 3.20. The molecule has 0 aliphatic heterocycles. The van der Waals surface area contributed by atoms with Crippen LogP contribution in [0.4, 0.5) is 39.9 Å². The Kier molecular flexibility index (Phi) is 9.74. The van der Waals surface area contributed by atoms with Crippen LogP contribution in [0.25, 0.3) is 0 Å². The first-order valence-corrected chi connectivity index (χ1v) is 13.7. The van der Waals surface area contributed by atoms with Gasteiger partial charge in [0.25, 0.3) is 5.91 Å². The largest absolute Gasteiger partial charge is 0.416 e. The van der Waals surface area contributed by atoms with E-state index in [9.17, 15) is 44.7 Å². The number of hydrogen-bond donors (Lipinski definition) is 2. The van der Waals surface area contributed by atoms with Crippen molar-refractivity contribution in [2.45, 2.75) is 44.2 Å². The second-order valence-electron chi connectivity index (χ2n) is 10.7. The highest BCUT2D eigenvalue weighted by molar-refractivity contribution is 5.95. The third-order valence-corrected chi connectivity index (χ3v) is 6.84. The van der Waals surface area contributed by atoms with Gasteiger partial charge in [-0.3, -0.25) is 4.79 Å². The van der Waals surface area contributed by atoms with E-state index >= 15 is 0 Å². The zero-order valence-corrected chi connectivity index (χ0v) is 24.2. The SMILES string of the molecule is CC(C)NC(=O)Oc1cc(C(Cc2ccccc2)(NC(=O)c2cccc(C(F)(F)F)c2)c2cc(F)cc(C(F)(F)F)c2)ccc1F. The molecule has 0 aliphatic carbocycles. The number of carbonyl (C=O) groups excluding carboxylic acids is 2. The van der Waals surface area contributed by atoms with Crippen LogP contribution >= 0.6 is 0 Å². The van der Waals surface area contributed by atoms with Crippen LogP contribution in [0, 0.1) is 11.6 Å². The molecule has 2 N–H and O–H groups in total. The summed E-state index contributed by atoms with van der Waals surface area (Å²) in [5.41, 5.74) is -5.59. The predicted octanol–water partition coefficient (Wildman–Crippen LogP) is 8.42. The van der Waals surface area contributed by atoms with Gasteiger partial charge in [0.15, 0.2) is 11.6 Å². The first-order valence-electron chi connectivity index (χ1n) is 13.7. The molecule has 1 unspecified atom stereocenters. The molecule has 0 radical (unpaired) electrons. The number of halogens is 8. The number of hydrogen-bond acceptors (Lipinski definition) is 3. The van der Waals surface area contributed by atoms with Crippen molar-refractivity contribution in [1.82, 2.24) is 10.6 Å². The Hall–Kier alpha value is -4.94. The number of alkyl halides is 6. The molecule has 0 bridgehead atoms. The third kappa shape index (κ3) is 8.01. The molecular formula is C33H26F8N2O3.